The second-order valence-corrected chi connectivity index (χ2v) is 7.23. The molecule has 3 aromatic rings. The number of hydrogen-bond acceptors (Lipinski definition) is 7. The number of aliphatic imine (C=N–C) groups is 2. The molecule has 0 spiro atoms. The van der Waals surface area contributed by atoms with Crippen LogP contribution in [0.15, 0.2) is 101 Å². The average Bonchev–Trinajstić information content (AvgIpc) is 2.80. The highest BCUT2D eigenvalue weighted by atomic mass is 16.4. The number of rotatable bonds is 7. The van der Waals surface area contributed by atoms with Crippen LogP contribution in [0.3, 0.4) is 0 Å². The third-order valence-electron chi connectivity index (χ3n) is 4.71. The summed E-state index contributed by atoms with van der Waals surface area (Å²) in [6.45, 7) is 0. The summed E-state index contributed by atoms with van der Waals surface area (Å²) in [7, 11) is 0. The summed E-state index contributed by atoms with van der Waals surface area (Å²) in [5.74, 6) is -1.26. The van der Waals surface area contributed by atoms with Gasteiger partial charge in [0.05, 0.1) is 6.42 Å². The van der Waals surface area contributed by atoms with Crippen molar-refractivity contribution >= 4 is 35.0 Å². The summed E-state index contributed by atoms with van der Waals surface area (Å²) in [5, 5.41) is 22.4. The zero-order chi connectivity index (χ0) is 22.2. The lowest BCUT2D eigenvalue weighted by molar-refractivity contribution is -0.137. The number of nitrogens with zero attached hydrogens (tertiary/aromatic N) is 2. The fraction of sp³-hybridized carbons (Fsp3) is 0.125. The molecule has 32 heavy (non-hydrogen) atoms. The van der Waals surface area contributed by atoms with Gasteiger partial charge in [0, 0.05) is 23.5 Å². The van der Waals surface area contributed by atoms with Crippen molar-refractivity contribution in [1.29, 1.82) is 0 Å². The summed E-state index contributed by atoms with van der Waals surface area (Å²) < 4.78 is 0. The van der Waals surface area contributed by atoms with Crippen LogP contribution < -0.4 is 21.3 Å². The van der Waals surface area contributed by atoms with E-state index < -0.39 is 11.8 Å². The maximum absolute atomic E-state index is 11.4. The number of para-hydroxylation sites is 3. The minimum Gasteiger partial charge on any atom is -0.481 e. The second-order valence-electron chi connectivity index (χ2n) is 7.23. The predicted molar refractivity (Wildman–Crippen MR) is 128 cm³/mol. The lowest BCUT2D eigenvalue weighted by atomic mass is 10.1. The number of aliphatic carboxylic acids is 1. The number of carboxylic acids is 1. The van der Waals surface area contributed by atoms with Crippen LogP contribution >= 0.6 is 0 Å². The third kappa shape index (κ3) is 5.63. The number of benzene rings is 3. The van der Waals surface area contributed by atoms with Gasteiger partial charge in [-0.3, -0.25) is 10.1 Å². The lowest BCUT2D eigenvalue weighted by Gasteiger charge is -2.33. The molecule has 0 aromatic heterocycles. The molecule has 0 bridgehead atoms. The van der Waals surface area contributed by atoms with E-state index in [1.165, 1.54) is 0 Å². The van der Waals surface area contributed by atoms with E-state index in [9.17, 15) is 9.90 Å². The molecule has 0 atom stereocenters. The highest BCUT2D eigenvalue weighted by Crippen LogP contribution is 2.26. The van der Waals surface area contributed by atoms with Crippen LogP contribution in [0.4, 0.5) is 17.1 Å². The molecular formula is C24H24N6O2. The molecule has 3 aromatic carbocycles. The van der Waals surface area contributed by atoms with Gasteiger partial charge >= 0.3 is 5.97 Å². The smallest absolute Gasteiger partial charge is 0.303 e. The molecule has 0 radical (unpaired) electrons. The molecule has 0 fully saturated rings. The largest absolute Gasteiger partial charge is 0.481 e. The summed E-state index contributed by atoms with van der Waals surface area (Å²) in [4.78, 5) is 20.9. The Morgan fingerprint density at radius 1 is 0.750 bits per heavy atom. The van der Waals surface area contributed by atoms with Crippen LogP contribution in [0.25, 0.3) is 0 Å². The Morgan fingerprint density at radius 2 is 1.19 bits per heavy atom. The molecule has 1 aliphatic rings. The Kier molecular flexibility index (Phi) is 6.31. The Bertz CT molecular complexity index is 1040. The molecule has 0 aliphatic carbocycles. The number of hydrogen-bond donors (Lipinski definition) is 5. The van der Waals surface area contributed by atoms with Crippen LogP contribution in [0, 0.1) is 0 Å². The summed E-state index contributed by atoms with van der Waals surface area (Å²) >= 11 is 0. The van der Waals surface area contributed by atoms with Gasteiger partial charge in [0.25, 0.3) is 0 Å². The molecule has 8 heteroatoms. The van der Waals surface area contributed by atoms with Crippen LogP contribution in [0.1, 0.15) is 12.8 Å². The number of carboxylic acid groups (broad SMARTS) is 1. The third-order valence-corrected chi connectivity index (χ3v) is 4.71. The fourth-order valence-corrected chi connectivity index (χ4v) is 3.26. The number of nitrogens with one attached hydrogen (secondary N) is 4. The predicted octanol–water partition coefficient (Wildman–Crippen LogP) is 4.16. The van der Waals surface area contributed by atoms with E-state index in [2.05, 4.69) is 21.3 Å². The van der Waals surface area contributed by atoms with Gasteiger partial charge in [-0.25, -0.2) is 9.98 Å². The quantitative estimate of drug-likeness (QED) is 0.387. The van der Waals surface area contributed by atoms with E-state index in [1.54, 1.807) is 0 Å². The standard InChI is InChI=1S/C24H24N6O2/c31-21(32)16-17-24(28-20-14-8-3-9-15-20)29-22(25-18-10-4-1-5-11-18)27-23(30-24)26-19-12-6-2-7-13-19/h1-15,28H,16-17H2,(H,31,32)(H3,25,26,27,29,30). The zero-order valence-electron chi connectivity index (χ0n) is 17.3. The first-order chi connectivity index (χ1) is 15.6. The topological polar surface area (TPSA) is 110 Å². The van der Waals surface area contributed by atoms with Gasteiger partial charge in [-0.15, -0.1) is 0 Å². The SMILES string of the molecule is O=C(O)CCC1(Nc2ccccc2)N=C(Nc2ccccc2)NC(Nc2ccccc2)=N1. The highest BCUT2D eigenvalue weighted by Gasteiger charge is 2.34. The van der Waals surface area contributed by atoms with Crippen molar-refractivity contribution in [1.82, 2.24) is 5.32 Å². The first kappa shape index (κ1) is 20.9. The molecular weight excluding hydrogens is 404 g/mol. The van der Waals surface area contributed by atoms with Crippen LogP contribution in [-0.2, 0) is 4.79 Å². The summed E-state index contributed by atoms with van der Waals surface area (Å²) in [6, 6.07) is 28.7. The van der Waals surface area contributed by atoms with Crippen molar-refractivity contribution in [2.45, 2.75) is 18.6 Å². The molecule has 0 saturated carbocycles. The molecule has 0 amide bonds. The first-order valence-corrected chi connectivity index (χ1v) is 10.3. The van der Waals surface area contributed by atoms with E-state index in [1.807, 2.05) is 91.0 Å². The molecule has 8 nitrogen and oxygen atoms in total. The lowest BCUT2D eigenvalue weighted by Crippen LogP contribution is -2.51. The maximum Gasteiger partial charge on any atom is 0.303 e. The van der Waals surface area contributed by atoms with E-state index in [0.717, 1.165) is 17.1 Å². The van der Waals surface area contributed by atoms with Crippen molar-refractivity contribution in [3.63, 3.8) is 0 Å². The Balaban J connectivity index is 1.71. The summed E-state index contributed by atoms with van der Waals surface area (Å²) in [6.07, 6.45) is 0.0446. The molecule has 162 valence electrons. The first-order valence-electron chi connectivity index (χ1n) is 10.3. The Labute approximate surface area is 186 Å². The minimum atomic E-state index is -1.22. The van der Waals surface area contributed by atoms with Gasteiger partial charge in [-0.05, 0) is 36.4 Å². The number of anilines is 3. The molecule has 5 N–H and O–H groups in total. The van der Waals surface area contributed by atoms with E-state index in [-0.39, 0.29) is 12.8 Å². The normalized spacial score (nSPS) is 14.4. The second kappa shape index (κ2) is 9.65. The van der Waals surface area contributed by atoms with Crippen molar-refractivity contribution in [2.75, 3.05) is 16.0 Å². The van der Waals surface area contributed by atoms with Gasteiger partial charge in [0.15, 0.2) is 0 Å². The monoisotopic (exact) mass is 428 g/mol. The Morgan fingerprint density at radius 3 is 1.62 bits per heavy atom. The van der Waals surface area contributed by atoms with Crippen molar-refractivity contribution in [3.8, 4) is 0 Å². The van der Waals surface area contributed by atoms with Crippen molar-refractivity contribution in [3.05, 3.63) is 91.0 Å². The van der Waals surface area contributed by atoms with Gasteiger partial charge in [0.2, 0.25) is 17.7 Å². The van der Waals surface area contributed by atoms with Crippen LogP contribution in [0.2, 0.25) is 0 Å². The molecule has 1 aliphatic heterocycles. The van der Waals surface area contributed by atoms with E-state index in [0.29, 0.717) is 11.9 Å². The average molecular weight is 428 g/mol. The van der Waals surface area contributed by atoms with E-state index in [4.69, 9.17) is 9.98 Å². The molecule has 4 rings (SSSR count). The van der Waals surface area contributed by atoms with Crippen molar-refractivity contribution < 1.29 is 9.90 Å². The van der Waals surface area contributed by atoms with Gasteiger partial charge in [-0.2, -0.15) is 0 Å². The van der Waals surface area contributed by atoms with Gasteiger partial charge < -0.3 is 21.1 Å². The van der Waals surface area contributed by atoms with Gasteiger partial charge in [0.1, 0.15) is 0 Å². The maximum atomic E-state index is 11.4. The zero-order valence-corrected chi connectivity index (χ0v) is 17.3. The Hall–Kier alpha value is -4.33. The fourth-order valence-electron chi connectivity index (χ4n) is 3.26. The highest BCUT2D eigenvalue weighted by molar-refractivity contribution is 6.11. The van der Waals surface area contributed by atoms with Crippen LogP contribution in [-0.4, -0.2) is 28.8 Å². The molecule has 0 saturated heterocycles. The summed E-state index contributed by atoms with van der Waals surface area (Å²) in [5.41, 5.74) is 2.46. The van der Waals surface area contributed by atoms with E-state index >= 15 is 0 Å². The van der Waals surface area contributed by atoms with Gasteiger partial charge in [-0.1, -0.05) is 54.6 Å². The molecule has 1 heterocycles. The number of guanidine groups is 2. The minimum absolute atomic E-state index is 0.107. The van der Waals surface area contributed by atoms with Crippen LogP contribution in [0.5, 0.6) is 0 Å². The van der Waals surface area contributed by atoms with Crippen molar-refractivity contribution in [2.24, 2.45) is 9.98 Å². The number of carbonyl (C=O) groups is 1. The molecule has 0 unspecified atom stereocenters.